The number of imidazole rings is 1. The number of aromatic nitrogens is 2. The summed E-state index contributed by atoms with van der Waals surface area (Å²) in [6.45, 7) is 0.435. The number of ether oxygens (including phenoxy) is 1. The summed E-state index contributed by atoms with van der Waals surface area (Å²) in [7, 11) is 0. The van der Waals surface area contributed by atoms with E-state index in [1.165, 1.54) is 0 Å². The average Bonchev–Trinajstić information content (AvgIpc) is 3.21. The van der Waals surface area contributed by atoms with Gasteiger partial charge >= 0.3 is 12.1 Å². The minimum atomic E-state index is -1.00. The van der Waals surface area contributed by atoms with Crippen molar-refractivity contribution in [3.8, 4) is 0 Å². The molecule has 0 aliphatic heterocycles. The number of primary amides is 1. The average molecular weight is 289 g/mol. The highest BCUT2D eigenvalue weighted by atomic mass is 16.5. The first kappa shape index (κ1) is 13.4. The van der Waals surface area contributed by atoms with Crippen molar-refractivity contribution in [1.82, 2.24) is 9.55 Å². The van der Waals surface area contributed by atoms with Crippen LogP contribution < -0.4 is 5.73 Å². The van der Waals surface area contributed by atoms with Crippen molar-refractivity contribution in [1.29, 1.82) is 0 Å². The molecule has 1 fully saturated rings. The monoisotopic (exact) mass is 289 g/mol. The number of benzene rings is 1. The molecular formula is C14H15N3O4. The number of hydrogen-bond acceptors (Lipinski definition) is 4. The molecule has 0 radical (unpaired) electrons. The Balaban J connectivity index is 2.06. The SMILES string of the molecule is NC(=O)OCCn1c(C2CC2)nc2cccc(C(=O)O)c21. The molecule has 1 amide bonds. The summed E-state index contributed by atoms with van der Waals surface area (Å²) >= 11 is 0. The van der Waals surface area contributed by atoms with E-state index in [4.69, 9.17) is 10.5 Å². The maximum Gasteiger partial charge on any atom is 0.404 e. The number of carboxylic acids is 1. The van der Waals surface area contributed by atoms with Crippen LogP contribution in [0.15, 0.2) is 18.2 Å². The molecule has 3 rings (SSSR count). The number of carbonyl (C=O) groups excluding carboxylic acids is 1. The van der Waals surface area contributed by atoms with Crippen LogP contribution in [-0.2, 0) is 11.3 Å². The number of nitrogens with two attached hydrogens (primary N) is 1. The summed E-state index contributed by atoms with van der Waals surface area (Å²) in [5.74, 6) is 0.208. The lowest BCUT2D eigenvalue weighted by atomic mass is 10.2. The van der Waals surface area contributed by atoms with Gasteiger partial charge in [0.1, 0.15) is 12.4 Å². The van der Waals surface area contributed by atoms with Crippen molar-refractivity contribution in [2.75, 3.05) is 6.61 Å². The first-order chi connectivity index (χ1) is 10.1. The molecule has 1 aromatic heterocycles. The van der Waals surface area contributed by atoms with Crippen LogP contribution in [0, 0.1) is 0 Å². The zero-order chi connectivity index (χ0) is 15.0. The van der Waals surface area contributed by atoms with Gasteiger partial charge < -0.3 is 20.1 Å². The van der Waals surface area contributed by atoms with E-state index in [2.05, 4.69) is 4.98 Å². The molecule has 1 aliphatic rings. The van der Waals surface area contributed by atoms with Gasteiger partial charge in [-0.1, -0.05) is 6.07 Å². The van der Waals surface area contributed by atoms with Crippen molar-refractivity contribution in [2.24, 2.45) is 5.73 Å². The van der Waals surface area contributed by atoms with Gasteiger partial charge in [0.2, 0.25) is 0 Å². The number of hydrogen-bond donors (Lipinski definition) is 2. The number of carbonyl (C=O) groups is 2. The fourth-order valence-corrected chi connectivity index (χ4v) is 2.49. The summed E-state index contributed by atoms with van der Waals surface area (Å²) in [4.78, 5) is 26.6. The predicted octanol–water partition coefficient (Wildman–Crippen LogP) is 1.71. The highest BCUT2D eigenvalue weighted by Gasteiger charge is 2.30. The Morgan fingerprint density at radius 2 is 2.19 bits per heavy atom. The van der Waals surface area contributed by atoms with Crippen LogP contribution in [0.4, 0.5) is 4.79 Å². The van der Waals surface area contributed by atoms with Gasteiger partial charge in [-0.3, -0.25) is 0 Å². The lowest BCUT2D eigenvalue weighted by molar-refractivity contribution is 0.0698. The largest absolute Gasteiger partial charge is 0.478 e. The van der Waals surface area contributed by atoms with Gasteiger partial charge in [-0.05, 0) is 25.0 Å². The summed E-state index contributed by atoms with van der Waals surface area (Å²) < 4.78 is 6.60. The Hall–Kier alpha value is -2.57. The van der Waals surface area contributed by atoms with Crippen molar-refractivity contribution in [2.45, 2.75) is 25.3 Å². The fraction of sp³-hybridized carbons (Fsp3) is 0.357. The molecular weight excluding hydrogens is 274 g/mol. The van der Waals surface area contributed by atoms with Gasteiger partial charge in [-0.25, -0.2) is 14.6 Å². The van der Waals surface area contributed by atoms with Gasteiger partial charge in [-0.15, -0.1) is 0 Å². The van der Waals surface area contributed by atoms with E-state index in [0.29, 0.717) is 23.5 Å². The van der Waals surface area contributed by atoms with E-state index in [0.717, 1.165) is 18.7 Å². The van der Waals surface area contributed by atoms with Gasteiger partial charge in [0, 0.05) is 5.92 Å². The maximum absolute atomic E-state index is 11.4. The molecule has 21 heavy (non-hydrogen) atoms. The smallest absolute Gasteiger partial charge is 0.404 e. The molecule has 0 atom stereocenters. The van der Waals surface area contributed by atoms with Gasteiger partial charge in [0.15, 0.2) is 0 Å². The Morgan fingerprint density at radius 1 is 1.43 bits per heavy atom. The van der Waals surface area contributed by atoms with Gasteiger partial charge in [0.05, 0.1) is 23.1 Å². The minimum absolute atomic E-state index is 0.0917. The second-order valence-electron chi connectivity index (χ2n) is 5.04. The van der Waals surface area contributed by atoms with Crippen molar-refractivity contribution >= 4 is 23.1 Å². The molecule has 110 valence electrons. The summed E-state index contributed by atoms with van der Waals surface area (Å²) in [6, 6.07) is 5.02. The molecule has 0 bridgehead atoms. The zero-order valence-corrected chi connectivity index (χ0v) is 11.3. The second kappa shape index (κ2) is 5.08. The quantitative estimate of drug-likeness (QED) is 0.871. The highest BCUT2D eigenvalue weighted by Crippen LogP contribution is 2.41. The van der Waals surface area contributed by atoms with Gasteiger partial charge in [0.25, 0.3) is 0 Å². The Morgan fingerprint density at radius 3 is 2.81 bits per heavy atom. The van der Waals surface area contributed by atoms with E-state index in [1.807, 2.05) is 4.57 Å². The third-order valence-corrected chi connectivity index (χ3v) is 3.53. The molecule has 0 saturated heterocycles. The van der Waals surface area contributed by atoms with Crippen LogP contribution in [0.5, 0.6) is 0 Å². The molecule has 3 N–H and O–H groups in total. The molecule has 1 heterocycles. The standard InChI is InChI=1S/C14H15N3O4/c15-14(20)21-7-6-17-11-9(13(18)19)2-1-3-10(11)16-12(17)8-4-5-8/h1-3,8H,4-7H2,(H2,15,20)(H,18,19). The van der Waals surface area contributed by atoms with Crippen LogP contribution in [-0.4, -0.2) is 33.3 Å². The molecule has 1 aliphatic carbocycles. The molecule has 7 nitrogen and oxygen atoms in total. The Labute approximate surface area is 120 Å². The normalized spacial score (nSPS) is 14.3. The van der Waals surface area contributed by atoms with Crippen LogP contribution >= 0.6 is 0 Å². The number of para-hydroxylation sites is 1. The first-order valence-corrected chi connectivity index (χ1v) is 6.72. The summed E-state index contributed by atoms with van der Waals surface area (Å²) in [5, 5.41) is 9.34. The van der Waals surface area contributed by atoms with Crippen molar-refractivity contribution in [3.05, 3.63) is 29.6 Å². The summed E-state index contributed by atoms with van der Waals surface area (Å²) in [5.41, 5.74) is 6.37. The third-order valence-electron chi connectivity index (χ3n) is 3.53. The number of aromatic carboxylic acids is 1. The van der Waals surface area contributed by atoms with Crippen molar-refractivity contribution < 1.29 is 19.4 Å². The maximum atomic E-state index is 11.4. The number of amides is 1. The minimum Gasteiger partial charge on any atom is -0.478 e. The first-order valence-electron chi connectivity index (χ1n) is 6.72. The Bertz CT molecular complexity index is 718. The molecule has 7 heteroatoms. The summed E-state index contributed by atoms with van der Waals surface area (Å²) in [6.07, 6.45) is 1.25. The van der Waals surface area contributed by atoms with E-state index in [9.17, 15) is 14.7 Å². The van der Waals surface area contributed by atoms with Gasteiger partial charge in [-0.2, -0.15) is 0 Å². The number of fused-ring (bicyclic) bond motifs is 1. The molecule has 1 saturated carbocycles. The third kappa shape index (κ3) is 2.54. The molecule has 0 spiro atoms. The topological polar surface area (TPSA) is 107 Å². The molecule has 0 unspecified atom stereocenters. The van der Waals surface area contributed by atoms with Crippen LogP contribution in [0.3, 0.4) is 0 Å². The second-order valence-corrected chi connectivity index (χ2v) is 5.04. The van der Waals surface area contributed by atoms with E-state index in [1.54, 1.807) is 18.2 Å². The Kier molecular flexibility index (Phi) is 3.25. The van der Waals surface area contributed by atoms with E-state index < -0.39 is 12.1 Å². The van der Waals surface area contributed by atoms with Crippen LogP contribution in [0.1, 0.15) is 34.9 Å². The molecule has 2 aromatic rings. The lowest BCUT2D eigenvalue weighted by Crippen LogP contribution is -2.18. The predicted molar refractivity (Wildman–Crippen MR) is 74.2 cm³/mol. The van der Waals surface area contributed by atoms with Crippen molar-refractivity contribution in [3.63, 3.8) is 0 Å². The van der Waals surface area contributed by atoms with E-state index in [-0.39, 0.29) is 12.2 Å². The number of nitrogens with zero attached hydrogens (tertiary/aromatic N) is 2. The van der Waals surface area contributed by atoms with E-state index >= 15 is 0 Å². The fourth-order valence-electron chi connectivity index (χ4n) is 2.49. The number of rotatable bonds is 5. The van der Waals surface area contributed by atoms with Crippen LogP contribution in [0.2, 0.25) is 0 Å². The van der Waals surface area contributed by atoms with Crippen LogP contribution in [0.25, 0.3) is 11.0 Å². The highest BCUT2D eigenvalue weighted by molar-refractivity contribution is 6.01. The number of carboxylic acid groups (broad SMARTS) is 1. The lowest BCUT2D eigenvalue weighted by Gasteiger charge is -2.10. The molecule has 1 aromatic carbocycles. The zero-order valence-electron chi connectivity index (χ0n) is 11.3.